The Morgan fingerprint density at radius 1 is 0.718 bits per heavy atom. The molecule has 0 aliphatic carbocycles. The highest BCUT2D eigenvalue weighted by Gasteiger charge is 2.39. The highest BCUT2D eigenvalue weighted by Crippen LogP contribution is 2.38. The van der Waals surface area contributed by atoms with Crippen LogP contribution in [0, 0.1) is 13.8 Å². The van der Waals surface area contributed by atoms with E-state index >= 15 is 0 Å². The van der Waals surface area contributed by atoms with Gasteiger partial charge in [-0.05, 0) is 81.2 Å². The number of aryl methyl sites for hydroxylation is 2. The van der Waals surface area contributed by atoms with Crippen molar-refractivity contribution < 1.29 is 33.0 Å². The smallest absolute Gasteiger partial charge is 0.307 e. The van der Waals surface area contributed by atoms with Crippen molar-refractivity contribution in [1.82, 2.24) is 30.2 Å². The summed E-state index contributed by atoms with van der Waals surface area (Å²) in [5.41, 5.74) is 8.77. The van der Waals surface area contributed by atoms with Gasteiger partial charge in [0, 0.05) is 106 Å². The average Bonchev–Trinajstić information content (AvgIpc) is 4.02. The summed E-state index contributed by atoms with van der Waals surface area (Å²) >= 11 is 3.16. The minimum Gasteiger partial charge on any atom is -0.519 e. The molecule has 0 saturated carbocycles. The van der Waals surface area contributed by atoms with Crippen LogP contribution in [0.3, 0.4) is 0 Å². The predicted octanol–water partition coefficient (Wildman–Crippen LogP) is 9.91. The first-order valence-electron chi connectivity index (χ1n) is 27.2. The quantitative estimate of drug-likeness (QED) is 0.0533. The summed E-state index contributed by atoms with van der Waals surface area (Å²) < 4.78 is 26.3. The van der Waals surface area contributed by atoms with Gasteiger partial charge >= 0.3 is 5.97 Å². The minimum absolute atomic E-state index is 0.0971. The fourth-order valence-corrected chi connectivity index (χ4v) is 12.2. The number of methoxy groups -OCH3 is 2. The second-order valence-corrected chi connectivity index (χ2v) is 27.6. The number of hydrogen-bond donors (Lipinski definition) is 1. The minimum atomic E-state index is -1.71. The van der Waals surface area contributed by atoms with E-state index in [0.29, 0.717) is 18.1 Å². The number of benzene rings is 2. The molecule has 4 aliphatic heterocycles. The van der Waals surface area contributed by atoms with Gasteiger partial charge < -0.3 is 48.3 Å². The van der Waals surface area contributed by atoms with E-state index in [9.17, 15) is 9.59 Å². The molecule has 0 amide bonds. The number of carbonyl (C=O) groups is 2. The summed E-state index contributed by atoms with van der Waals surface area (Å²) in [6.45, 7) is 33.2. The van der Waals surface area contributed by atoms with Gasteiger partial charge in [0.1, 0.15) is 5.69 Å². The highest BCUT2D eigenvalue weighted by molar-refractivity contribution is 7.14. The molecule has 422 valence electrons. The fraction of sp³-hybridized carbons (Fsp3) is 0.517. The molecule has 4 fully saturated rings. The number of fused-ring (bicyclic) bond motifs is 2. The lowest BCUT2D eigenvalue weighted by molar-refractivity contribution is -0.142. The fourth-order valence-electron chi connectivity index (χ4n) is 9.50. The second kappa shape index (κ2) is 28.9. The molecule has 2 aromatic carbocycles. The maximum Gasteiger partial charge on any atom is 0.307 e. The molecule has 17 nitrogen and oxygen atoms in total. The summed E-state index contributed by atoms with van der Waals surface area (Å²) in [6.07, 6.45) is 7.04. The third-order valence-corrected chi connectivity index (χ3v) is 21.1. The van der Waals surface area contributed by atoms with Crippen molar-refractivity contribution in [3.05, 3.63) is 107 Å². The molecule has 4 saturated heterocycles. The summed E-state index contributed by atoms with van der Waals surface area (Å²) in [4.78, 5) is 53.0. The lowest BCUT2D eigenvalue weighted by atomic mass is 10.1. The number of nitrogens with one attached hydrogen (secondary N) is 1. The van der Waals surface area contributed by atoms with Crippen molar-refractivity contribution in [2.75, 3.05) is 139 Å². The molecule has 20 heteroatoms. The van der Waals surface area contributed by atoms with Crippen LogP contribution in [0.4, 0.5) is 21.6 Å². The number of anilines is 4. The third kappa shape index (κ3) is 16.2. The molecule has 1 N–H and O–H groups in total. The number of rotatable bonds is 12. The maximum absolute atomic E-state index is 12.4. The lowest BCUT2D eigenvalue weighted by Gasteiger charge is -2.36. The topological polar surface area (TPSA) is 160 Å². The normalized spacial score (nSPS) is 17.0. The van der Waals surface area contributed by atoms with Gasteiger partial charge in [-0.1, -0.05) is 57.2 Å². The number of morpholine rings is 2. The summed E-state index contributed by atoms with van der Waals surface area (Å²) in [5, 5.41) is 11.9. The third-order valence-electron chi connectivity index (χ3n) is 14.9. The summed E-state index contributed by atoms with van der Waals surface area (Å²) in [5.74, 6) is 0.229. The second-order valence-electron chi connectivity index (χ2n) is 21.2. The van der Waals surface area contributed by atoms with Crippen LogP contribution in [-0.2, 0) is 28.2 Å². The lowest BCUT2D eigenvalue weighted by Crippen LogP contribution is -2.40. The van der Waals surface area contributed by atoms with E-state index in [0.717, 1.165) is 150 Å². The molecule has 0 radical (unpaired) electrons. The van der Waals surface area contributed by atoms with Gasteiger partial charge in [-0.2, -0.15) is 0 Å². The number of aldehydes is 1. The molecule has 4 aromatic heterocycles. The van der Waals surface area contributed by atoms with E-state index in [1.165, 1.54) is 52.8 Å². The van der Waals surface area contributed by atoms with Crippen LogP contribution in [-0.4, -0.2) is 165 Å². The molecule has 6 aromatic rings. The first-order chi connectivity index (χ1) is 37.6. The number of thiazole rings is 2. The highest BCUT2D eigenvalue weighted by atomic mass is 32.1. The molecule has 1 atom stereocenters. The van der Waals surface area contributed by atoms with Crippen LogP contribution < -0.4 is 24.9 Å². The van der Waals surface area contributed by atoms with Crippen LogP contribution in [0.1, 0.15) is 73.4 Å². The molecular weight excluding hydrogens is 1040 g/mol. The van der Waals surface area contributed by atoms with Crippen molar-refractivity contribution in [3.8, 4) is 0 Å². The van der Waals surface area contributed by atoms with Crippen molar-refractivity contribution in [1.29, 1.82) is 0 Å². The molecule has 78 heavy (non-hydrogen) atoms. The Bertz CT molecular complexity index is 2860. The van der Waals surface area contributed by atoms with Gasteiger partial charge in [-0.3, -0.25) is 24.5 Å². The van der Waals surface area contributed by atoms with Crippen molar-refractivity contribution >= 4 is 86.7 Å². The number of ether oxygens (including phenoxy) is 4. The molecule has 1 unspecified atom stereocenters. The molecule has 10 rings (SSSR count). The van der Waals surface area contributed by atoms with E-state index in [2.05, 4.69) is 136 Å². The zero-order valence-electron chi connectivity index (χ0n) is 47.4. The molecule has 8 heterocycles. The number of pyridine rings is 2. The summed E-state index contributed by atoms with van der Waals surface area (Å²) in [6, 6.07) is 16.9. The number of aromatic nitrogens is 4. The SMILES string of the molecule is C=C(OC)O[Si](C)(C)C(C)(C)C.COC(=O)CC(c1csc(N2CCOCC2)n1)N1CCCN(c2c(C)ccc3cccnc23)CC1.Cc1ccc2cccnc2c1N1CCCNCC1.O=Cc1csc(N2CCOCC2)n1. The summed E-state index contributed by atoms with van der Waals surface area (Å²) in [7, 11) is 1.32. The van der Waals surface area contributed by atoms with Gasteiger partial charge in [-0.25, -0.2) is 9.97 Å². The van der Waals surface area contributed by atoms with E-state index in [1.54, 1.807) is 23.8 Å². The Morgan fingerprint density at radius 2 is 1.28 bits per heavy atom. The van der Waals surface area contributed by atoms with Crippen LogP contribution in [0.15, 0.2) is 84.2 Å². The van der Waals surface area contributed by atoms with Gasteiger partial charge in [0.25, 0.3) is 14.3 Å². The molecular formula is C58H82N10O7S2Si. The molecule has 0 bridgehead atoms. The van der Waals surface area contributed by atoms with E-state index in [-0.39, 0.29) is 17.0 Å². The van der Waals surface area contributed by atoms with Gasteiger partial charge in [0.15, 0.2) is 16.5 Å². The van der Waals surface area contributed by atoms with Crippen LogP contribution in [0.2, 0.25) is 18.1 Å². The first kappa shape index (κ1) is 59.9. The zero-order chi connectivity index (χ0) is 55.7. The van der Waals surface area contributed by atoms with Crippen LogP contribution in [0.5, 0.6) is 0 Å². The van der Waals surface area contributed by atoms with Gasteiger partial charge in [-0.15, -0.1) is 22.7 Å². The van der Waals surface area contributed by atoms with Crippen molar-refractivity contribution in [3.63, 3.8) is 0 Å². The van der Waals surface area contributed by atoms with E-state index < -0.39 is 8.32 Å². The Kier molecular flexibility index (Phi) is 22.2. The molecule has 0 spiro atoms. The van der Waals surface area contributed by atoms with Gasteiger partial charge in [0.2, 0.25) is 0 Å². The van der Waals surface area contributed by atoms with Gasteiger partial charge in [0.05, 0.1) is 81.2 Å². The Morgan fingerprint density at radius 3 is 1.83 bits per heavy atom. The Balaban J connectivity index is 0.000000170. The van der Waals surface area contributed by atoms with E-state index in [1.807, 2.05) is 24.5 Å². The average molecular weight is 1120 g/mol. The Hall–Kier alpha value is -5.74. The van der Waals surface area contributed by atoms with E-state index in [4.69, 9.17) is 33.3 Å². The predicted molar refractivity (Wildman–Crippen MR) is 321 cm³/mol. The zero-order valence-corrected chi connectivity index (χ0v) is 50.1. The standard InChI is InChI=1S/C26H33N5O3S.C15H19N3.C9H20O2Si.C8H10N2O2S/c1-19-6-7-20-5-3-8-27-24(20)25(19)30-10-4-9-29(11-12-30)22(17-23(32)33-2)21-18-35-26(28-21)31-13-15-34-16-14-31;1-12-5-6-13-4-2-8-17-14(13)15(12)18-10-3-7-16-9-11-18;1-8(10-5)11-12(6,7)9(2,3)4;11-5-7-6-13-8(9-7)10-1-3-12-4-2-10/h3,5-8,18,22H,4,9-17H2,1-2H3;2,4-6,8,16H,3,7,9-11H2,1H3;1H2,2-7H3;5-6H,1-4H2. The number of esters is 1. The first-order valence-corrected chi connectivity index (χ1v) is 31.9. The molecule has 4 aliphatic rings. The largest absolute Gasteiger partial charge is 0.519 e. The number of hydrogen-bond acceptors (Lipinski definition) is 19. The van der Waals surface area contributed by atoms with Crippen molar-refractivity contribution in [2.45, 2.75) is 78.1 Å². The van der Waals surface area contributed by atoms with Crippen LogP contribution in [0.25, 0.3) is 21.8 Å². The maximum atomic E-state index is 12.4. The van der Waals surface area contributed by atoms with Crippen LogP contribution >= 0.6 is 22.7 Å². The number of nitrogens with zero attached hydrogens (tertiary/aromatic N) is 9. The number of carbonyl (C=O) groups excluding carboxylic acids is 2. The van der Waals surface area contributed by atoms with Crippen molar-refractivity contribution in [2.24, 2.45) is 0 Å². The monoisotopic (exact) mass is 1120 g/mol. The Labute approximate surface area is 471 Å².